The predicted octanol–water partition coefficient (Wildman–Crippen LogP) is 10.9. The molecular weight excluding hydrogens is 551 g/mol. The number of hydrogen-bond acceptors (Lipinski definition) is 2. The number of hydrogen-bond donors (Lipinski definition) is 0. The lowest BCUT2D eigenvalue weighted by molar-refractivity contribution is -0.141. The summed E-state index contributed by atoms with van der Waals surface area (Å²) in [6, 6.07) is 1.48. The number of pyridine rings is 1. The zero-order valence-corrected chi connectivity index (χ0v) is 24.7. The van der Waals surface area contributed by atoms with Crippen molar-refractivity contribution in [1.29, 1.82) is 0 Å². The van der Waals surface area contributed by atoms with Crippen molar-refractivity contribution in [2.24, 2.45) is 0 Å². The Labute approximate surface area is 234 Å². The van der Waals surface area contributed by atoms with Crippen LogP contribution < -0.4 is 0 Å². The third-order valence-electron chi connectivity index (χ3n) is 5.96. The van der Waals surface area contributed by atoms with Gasteiger partial charge in [-0.3, -0.25) is 4.98 Å². The molecule has 0 bridgehead atoms. The van der Waals surface area contributed by atoms with Crippen LogP contribution in [-0.4, -0.2) is 12.1 Å². The molecule has 1 aromatic rings. The van der Waals surface area contributed by atoms with Crippen molar-refractivity contribution in [3.8, 4) is 0 Å². The highest BCUT2D eigenvalue weighted by atomic mass is 79.9. The number of ether oxygens (including phenoxy) is 1. The van der Waals surface area contributed by atoms with Crippen LogP contribution in [0.2, 0.25) is 0 Å². The third-order valence-corrected chi connectivity index (χ3v) is 6.55. The monoisotopic (exact) mass is 589 g/mol. The Kier molecular flexibility index (Phi) is 14.7. The van der Waals surface area contributed by atoms with Crippen molar-refractivity contribution in [2.75, 3.05) is 7.11 Å². The molecule has 1 heterocycles. The average molecular weight is 591 g/mol. The van der Waals surface area contributed by atoms with E-state index >= 15 is 0 Å². The van der Waals surface area contributed by atoms with Gasteiger partial charge < -0.3 is 4.74 Å². The van der Waals surface area contributed by atoms with Crippen LogP contribution in [-0.2, 0) is 10.9 Å². The van der Waals surface area contributed by atoms with Gasteiger partial charge in [-0.1, -0.05) is 98.0 Å². The highest BCUT2D eigenvalue weighted by Crippen LogP contribution is 2.40. The second kappa shape index (κ2) is 16.9. The quantitative estimate of drug-likeness (QED) is 0.233. The largest absolute Gasteiger partial charge is 0.497 e. The number of allylic oxidation sites excluding steroid dienone is 13. The van der Waals surface area contributed by atoms with Gasteiger partial charge in [-0.15, -0.1) is 0 Å². The molecule has 38 heavy (non-hydrogen) atoms. The summed E-state index contributed by atoms with van der Waals surface area (Å²) < 4.78 is 45.6. The molecule has 1 aromatic heterocycles. The predicted molar refractivity (Wildman–Crippen MR) is 160 cm³/mol. The molecule has 3 rings (SSSR count). The number of methoxy groups -OCH3 is 1. The van der Waals surface area contributed by atoms with Crippen LogP contribution in [0.15, 0.2) is 95.2 Å². The van der Waals surface area contributed by atoms with E-state index in [4.69, 9.17) is 4.74 Å². The maximum Gasteiger partial charge on any atom is 0.434 e. The summed E-state index contributed by atoms with van der Waals surface area (Å²) >= 11 is 3.38. The molecule has 0 unspecified atom stereocenters. The summed E-state index contributed by atoms with van der Waals surface area (Å²) in [6.45, 7) is 15.5. The molecule has 2 nitrogen and oxygen atoms in total. The van der Waals surface area contributed by atoms with Crippen molar-refractivity contribution in [2.45, 2.75) is 66.0 Å². The summed E-state index contributed by atoms with van der Waals surface area (Å²) in [5, 5.41) is 0. The smallest absolute Gasteiger partial charge is 0.434 e. The fourth-order valence-electron chi connectivity index (χ4n) is 3.93. The van der Waals surface area contributed by atoms with Gasteiger partial charge in [0.2, 0.25) is 0 Å². The van der Waals surface area contributed by atoms with E-state index in [-0.39, 0.29) is 11.3 Å². The van der Waals surface area contributed by atoms with Gasteiger partial charge in [0.15, 0.2) is 5.69 Å². The minimum atomic E-state index is -4.57. The summed E-state index contributed by atoms with van der Waals surface area (Å²) in [5.41, 5.74) is 4.28. The Morgan fingerprint density at radius 1 is 1.16 bits per heavy atom. The van der Waals surface area contributed by atoms with Crippen LogP contribution in [0.4, 0.5) is 13.2 Å². The van der Waals surface area contributed by atoms with E-state index in [0.29, 0.717) is 5.56 Å². The second-order valence-electron chi connectivity index (χ2n) is 8.36. The zero-order chi connectivity index (χ0) is 28.7. The van der Waals surface area contributed by atoms with Crippen molar-refractivity contribution >= 4 is 27.3 Å². The van der Waals surface area contributed by atoms with Gasteiger partial charge in [-0.25, -0.2) is 0 Å². The van der Waals surface area contributed by atoms with Crippen LogP contribution in [0.25, 0.3) is 11.3 Å². The van der Waals surface area contributed by atoms with Gasteiger partial charge in [0.25, 0.3) is 0 Å². The van der Waals surface area contributed by atoms with Crippen LogP contribution in [0, 0.1) is 0 Å². The fourth-order valence-corrected chi connectivity index (χ4v) is 4.07. The second-order valence-corrected chi connectivity index (χ2v) is 9.27. The molecule has 6 heteroatoms. The molecule has 0 atom stereocenters. The van der Waals surface area contributed by atoms with E-state index in [9.17, 15) is 13.2 Å². The number of halogens is 4. The SMILES string of the molecule is C=C/C(Br)=C\C=C(\C)C1=C(c2cnc(C(F)(F)F)c(C(=C)OC)c2)CCC1.CC.CCC1=CC=CC=CC1. The molecule has 0 saturated carbocycles. The molecule has 0 amide bonds. The Morgan fingerprint density at radius 2 is 1.87 bits per heavy atom. The Hall–Kier alpha value is -2.86. The van der Waals surface area contributed by atoms with Gasteiger partial charge in [0.1, 0.15) is 5.76 Å². The first-order valence-corrected chi connectivity index (χ1v) is 13.6. The molecule has 0 aliphatic heterocycles. The number of nitrogens with zero attached hydrogens (tertiary/aromatic N) is 1. The molecule has 0 spiro atoms. The van der Waals surface area contributed by atoms with Crippen LogP contribution in [0.3, 0.4) is 0 Å². The lowest BCUT2D eigenvalue weighted by Crippen LogP contribution is -2.12. The molecule has 206 valence electrons. The van der Waals surface area contributed by atoms with Gasteiger partial charge in [0, 0.05) is 16.2 Å². The minimum Gasteiger partial charge on any atom is -0.497 e. The van der Waals surface area contributed by atoms with Crippen LogP contribution in [0.5, 0.6) is 0 Å². The van der Waals surface area contributed by atoms with Crippen molar-refractivity contribution in [1.82, 2.24) is 4.98 Å². The maximum absolute atomic E-state index is 13.3. The summed E-state index contributed by atoms with van der Waals surface area (Å²) in [6.07, 6.45) is 17.9. The average Bonchev–Trinajstić information content (AvgIpc) is 3.27. The van der Waals surface area contributed by atoms with Gasteiger partial charge in [-0.2, -0.15) is 13.2 Å². The van der Waals surface area contributed by atoms with E-state index in [2.05, 4.69) is 71.4 Å². The number of rotatable bonds is 7. The first kappa shape index (κ1) is 33.2. The number of aromatic nitrogens is 1. The van der Waals surface area contributed by atoms with Gasteiger partial charge >= 0.3 is 6.18 Å². The Morgan fingerprint density at radius 3 is 2.47 bits per heavy atom. The number of alkyl halides is 3. The Balaban J connectivity index is 0.000000548. The molecule has 0 N–H and O–H groups in total. The Bertz CT molecular complexity index is 1150. The summed E-state index contributed by atoms with van der Waals surface area (Å²) in [5.74, 6) is -0.0538. The van der Waals surface area contributed by atoms with E-state index in [1.165, 1.54) is 31.4 Å². The highest BCUT2D eigenvalue weighted by molar-refractivity contribution is 9.11. The molecule has 0 saturated heterocycles. The molecule has 0 aromatic carbocycles. The molecule has 2 aliphatic carbocycles. The normalized spacial score (nSPS) is 15.6. The molecule has 0 radical (unpaired) electrons. The van der Waals surface area contributed by atoms with E-state index in [1.807, 2.05) is 32.9 Å². The first-order valence-electron chi connectivity index (χ1n) is 12.8. The van der Waals surface area contributed by atoms with E-state index in [0.717, 1.165) is 46.9 Å². The van der Waals surface area contributed by atoms with Crippen molar-refractivity contribution in [3.05, 3.63) is 112 Å². The van der Waals surface area contributed by atoms with Crippen LogP contribution >= 0.6 is 15.9 Å². The topological polar surface area (TPSA) is 22.1 Å². The van der Waals surface area contributed by atoms with E-state index in [1.54, 1.807) is 6.08 Å². The molecule has 0 fully saturated rings. The standard InChI is InChI=1S/C21H21BrF3NO.C9H12.C2H6/c1-5-16(22)10-9-13(2)17-7-6-8-18(17)15-11-19(14(3)27-4)20(26-12-15)21(23,24)25;1-2-9-7-5-3-4-6-8-9;1-2/h5,9-12H,1,3,6-8H2,2,4H3;3-7H,2,8H2,1H3;1-2H3/b13-9-,16-10+;;. The summed E-state index contributed by atoms with van der Waals surface area (Å²) in [4.78, 5) is 3.69. The minimum absolute atomic E-state index is 0.0538. The zero-order valence-electron chi connectivity index (χ0n) is 23.1. The third kappa shape index (κ3) is 10.1. The maximum atomic E-state index is 13.3. The fraction of sp³-hybridized carbons (Fsp3) is 0.344. The molecular formula is C32H39BrF3NO. The van der Waals surface area contributed by atoms with E-state index < -0.39 is 11.9 Å². The van der Waals surface area contributed by atoms with Crippen LogP contribution in [0.1, 0.15) is 76.6 Å². The van der Waals surface area contributed by atoms with Crippen molar-refractivity contribution < 1.29 is 17.9 Å². The lowest BCUT2D eigenvalue weighted by atomic mass is 9.96. The lowest BCUT2D eigenvalue weighted by Gasteiger charge is -2.16. The first-order chi connectivity index (χ1) is 18.1. The molecule has 2 aliphatic rings. The van der Waals surface area contributed by atoms with Crippen molar-refractivity contribution in [3.63, 3.8) is 0 Å². The highest BCUT2D eigenvalue weighted by Gasteiger charge is 2.36. The summed E-state index contributed by atoms with van der Waals surface area (Å²) in [7, 11) is 1.30. The van der Waals surface area contributed by atoms with Gasteiger partial charge in [-0.05, 0) is 73.5 Å². The van der Waals surface area contributed by atoms with Gasteiger partial charge in [0.05, 0.1) is 7.11 Å².